The predicted molar refractivity (Wildman–Crippen MR) is 58.3 cm³/mol. The smallest absolute Gasteiger partial charge is 0.351 e. The van der Waals surface area contributed by atoms with E-state index in [1.807, 2.05) is 0 Å². The van der Waals surface area contributed by atoms with Gasteiger partial charge in [0.25, 0.3) is 0 Å². The van der Waals surface area contributed by atoms with E-state index in [-0.39, 0.29) is 24.6 Å². The van der Waals surface area contributed by atoms with Crippen LogP contribution in [0.15, 0.2) is 17.1 Å². The van der Waals surface area contributed by atoms with Crippen LogP contribution in [0.3, 0.4) is 0 Å². The Balaban J connectivity index is 2.19. The van der Waals surface area contributed by atoms with E-state index in [2.05, 4.69) is 10.3 Å². The number of hydrogen-bond acceptors (Lipinski definition) is 5. The van der Waals surface area contributed by atoms with Gasteiger partial charge in [0.15, 0.2) is 0 Å². The molecule has 6 heteroatoms. The topological polar surface area (TPSA) is 76.4 Å². The van der Waals surface area contributed by atoms with Gasteiger partial charge in [-0.3, -0.25) is 4.57 Å². The second kappa shape index (κ2) is 4.63. The van der Waals surface area contributed by atoms with Gasteiger partial charge in [0, 0.05) is 13.2 Å². The summed E-state index contributed by atoms with van der Waals surface area (Å²) in [6.07, 6.45) is 2.68. The maximum Gasteiger partial charge on any atom is 0.351 e. The third kappa shape index (κ3) is 2.07. The van der Waals surface area contributed by atoms with Crippen LogP contribution < -0.4 is 11.0 Å². The highest BCUT2D eigenvalue weighted by atomic mass is 16.5. The fourth-order valence-electron chi connectivity index (χ4n) is 1.80. The van der Waals surface area contributed by atoms with Crippen molar-refractivity contribution in [3.8, 4) is 0 Å². The van der Waals surface area contributed by atoms with Gasteiger partial charge in [-0.2, -0.15) is 4.98 Å². The number of ether oxygens (including phenoxy) is 1. The van der Waals surface area contributed by atoms with E-state index in [0.717, 1.165) is 12.8 Å². The van der Waals surface area contributed by atoms with Crippen LogP contribution in [-0.2, 0) is 4.74 Å². The highest BCUT2D eigenvalue weighted by Crippen LogP contribution is 2.26. The molecule has 1 aliphatic heterocycles. The maximum absolute atomic E-state index is 11.7. The normalized spacial score (nSPS) is 24.6. The molecule has 1 aliphatic rings. The molecule has 0 saturated carbocycles. The third-order valence-electron chi connectivity index (χ3n) is 2.69. The van der Waals surface area contributed by atoms with Gasteiger partial charge in [-0.1, -0.05) is 0 Å². The predicted octanol–water partition coefficient (Wildman–Crippen LogP) is -0.0451. The Kier molecular flexibility index (Phi) is 3.21. The highest BCUT2D eigenvalue weighted by Gasteiger charge is 2.26. The molecule has 88 valence electrons. The van der Waals surface area contributed by atoms with E-state index in [9.17, 15) is 4.79 Å². The van der Waals surface area contributed by atoms with E-state index in [1.54, 1.807) is 19.3 Å². The molecule has 0 spiro atoms. The van der Waals surface area contributed by atoms with E-state index < -0.39 is 0 Å². The maximum atomic E-state index is 11.7. The summed E-state index contributed by atoms with van der Waals surface area (Å²) in [5, 5.41) is 11.7. The molecule has 6 nitrogen and oxygen atoms in total. The molecule has 0 aromatic carbocycles. The van der Waals surface area contributed by atoms with Crippen LogP contribution in [0.2, 0.25) is 0 Å². The molecular weight excluding hydrogens is 210 g/mol. The fourth-order valence-corrected chi connectivity index (χ4v) is 1.80. The Bertz CT molecular complexity index is 418. The van der Waals surface area contributed by atoms with Crippen LogP contribution in [0.4, 0.5) is 5.82 Å². The van der Waals surface area contributed by atoms with E-state index >= 15 is 0 Å². The minimum absolute atomic E-state index is 0.00667. The van der Waals surface area contributed by atoms with Crippen molar-refractivity contribution in [1.82, 2.24) is 9.55 Å². The number of aliphatic hydroxyl groups excluding tert-OH is 1. The summed E-state index contributed by atoms with van der Waals surface area (Å²) in [5.41, 5.74) is -0.338. The minimum atomic E-state index is -0.338. The Hall–Kier alpha value is -1.40. The lowest BCUT2D eigenvalue weighted by Crippen LogP contribution is -2.27. The van der Waals surface area contributed by atoms with Gasteiger partial charge in [0.05, 0.1) is 12.7 Å². The third-order valence-corrected chi connectivity index (χ3v) is 2.69. The van der Waals surface area contributed by atoms with Gasteiger partial charge in [-0.15, -0.1) is 0 Å². The molecule has 0 unspecified atom stereocenters. The summed E-state index contributed by atoms with van der Waals surface area (Å²) in [5.74, 6) is 0.540. The van der Waals surface area contributed by atoms with Crippen molar-refractivity contribution in [2.45, 2.75) is 25.2 Å². The summed E-state index contributed by atoms with van der Waals surface area (Å²) in [7, 11) is 1.71. The van der Waals surface area contributed by atoms with Gasteiger partial charge >= 0.3 is 5.69 Å². The number of aliphatic hydroxyl groups is 1. The zero-order valence-corrected chi connectivity index (χ0v) is 9.09. The van der Waals surface area contributed by atoms with E-state index in [4.69, 9.17) is 9.84 Å². The summed E-state index contributed by atoms with van der Waals surface area (Å²) >= 11 is 0. The number of anilines is 1. The lowest BCUT2D eigenvalue weighted by molar-refractivity contribution is -0.0245. The molecule has 0 radical (unpaired) electrons. The first-order valence-electron chi connectivity index (χ1n) is 5.28. The second-order valence-electron chi connectivity index (χ2n) is 3.73. The molecule has 1 saturated heterocycles. The molecule has 1 aromatic rings. The number of rotatable bonds is 3. The van der Waals surface area contributed by atoms with Crippen LogP contribution in [0.25, 0.3) is 0 Å². The van der Waals surface area contributed by atoms with Gasteiger partial charge in [-0.25, -0.2) is 4.79 Å². The first-order chi connectivity index (χ1) is 7.74. The quantitative estimate of drug-likeness (QED) is 0.754. The number of aromatic nitrogens is 2. The Morgan fingerprint density at radius 3 is 3.06 bits per heavy atom. The van der Waals surface area contributed by atoms with Crippen LogP contribution in [-0.4, -0.2) is 34.4 Å². The number of nitrogens with one attached hydrogen (secondary N) is 1. The Morgan fingerprint density at radius 2 is 2.50 bits per heavy atom. The lowest BCUT2D eigenvalue weighted by Gasteiger charge is -2.14. The Morgan fingerprint density at radius 1 is 1.69 bits per heavy atom. The average molecular weight is 225 g/mol. The van der Waals surface area contributed by atoms with Gasteiger partial charge in [0.2, 0.25) is 0 Å². The molecule has 0 amide bonds. The Labute approximate surface area is 92.9 Å². The molecule has 0 bridgehead atoms. The molecule has 2 atom stereocenters. The standard InChI is InChI=1S/C10H15N3O3/c1-11-8-4-5-13(10(15)12-8)9-3-2-7(6-14)16-9/h4-5,7,9,14H,2-3,6H2,1H3,(H,11,12,15)/t7-,9+/m0/s1. The molecule has 2 N–H and O–H groups in total. The van der Waals surface area contributed by atoms with Crippen molar-refractivity contribution in [3.63, 3.8) is 0 Å². The second-order valence-corrected chi connectivity index (χ2v) is 3.73. The monoisotopic (exact) mass is 225 g/mol. The average Bonchev–Trinajstić information content (AvgIpc) is 2.77. The lowest BCUT2D eigenvalue weighted by atomic mass is 10.2. The van der Waals surface area contributed by atoms with Gasteiger partial charge in [0.1, 0.15) is 12.0 Å². The molecule has 1 fully saturated rings. The summed E-state index contributed by atoms with van der Waals surface area (Å²) in [4.78, 5) is 15.5. The van der Waals surface area contributed by atoms with Crippen LogP contribution in [0.1, 0.15) is 19.1 Å². The SMILES string of the molecule is CNc1ccn([C@H]2CC[C@@H](CO)O2)c(=O)n1. The molecule has 16 heavy (non-hydrogen) atoms. The van der Waals surface area contributed by atoms with Crippen LogP contribution in [0.5, 0.6) is 0 Å². The van der Waals surface area contributed by atoms with Crippen molar-refractivity contribution < 1.29 is 9.84 Å². The highest BCUT2D eigenvalue weighted by molar-refractivity contribution is 5.30. The number of nitrogens with zero attached hydrogens (tertiary/aromatic N) is 2. The van der Waals surface area contributed by atoms with Crippen molar-refractivity contribution in [1.29, 1.82) is 0 Å². The largest absolute Gasteiger partial charge is 0.394 e. The van der Waals surface area contributed by atoms with Crippen LogP contribution >= 0.6 is 0 Å². The first-order valence-corrected chi connectivity index (χ1v) is 5.28. The molecule has 2 heterocycles. The zero-order chi connectivity index (χ0) is 11.5. The van der Waals surface area contributed by atoms with Crippen molar-refractivity contribution >= 4 is 5.82 Å². The van der Waals surface area contributed by atoms with Crippen molar-refractivity contribution in [2.24, 2.45) is 0 Å². The van der Waals surface area contributed by atoms with Crippen molar-refractivity contribution in [3.05, 3.63) is 22.7 Å². The summed E-state index contributed by atoms with van der Waals surface area (Å²) in [6.45, 7) is -0.00667. The molecular formula is C10H15N3O3. The summed E-state index contributed by atoms with van der Waals surface area (Å²) < 4.78 is 6.96. The molecule has 2 rings (SSSR count). The van der Waals surface area contributed by atoms with E-state index in [1.165, 1.54) is 4.57 Å². The zero-order valence-electron chi connectivity index (χ0n) is 9.09. The van der Waals surface area contributed by atoms with Crippen molar-refractivity contribution in [2.75, 3.05) is 19.0 Å². The molecule has 0 aliphatic carbocycles. The van der Waals surface area contributed by atoms with Gasteiger partial charge < -0.3 is 15.2 Å². The van der Waals surface area contributed by atoms with E-state index in [0.29, 0.717) is 5.82 Å². The molecule has 1 aromatic heterocycles. The van der Waals surface area contributed by atoms with Crippen LogP contribution in [0, 0.1) is 0 Å². The summed E-state index contributed by atoms with van der Waals surface area (Å²) in [6, 6.07) is 1.72. The first kappa shape index (κ1) is 11.1. The number of hydrogen-bond donors (Lipinski definition) is 2. The minimum Gasteiger partial charge on any atom is -0.394 e. The van der Waals surface area contributed by atoms with Gasteiger partial charge in [-0.05, 0) is 18.9 Å². The fraction of sp³-hybridized carbons (Fsp3) is 0.600.